The Kier molecular flexibility index (Phi) is 5.10. The highest BCUT2D eigenvalue weighted by atomic mass is 32.1. The van der Waals surface area contributed by atoms with Gasteiger partial charge in [-0.05, 0) is 18.9 Å². The van der Waals surface area contributed by atoms with Gasteiger partial charge in [-0.1, -0.05) is 20.3 Å². The van der Waals surface area contributed by atoms with E-state index in [2.05, 4.69) is 34.8 Å². The monoisotopic (exact) mass is 278 g/mol. The van der Waals surface area contributed by atoms with Crippen molar-refractivity contribution in [2.45, 2.75) is 33.1 Å². The Balaban J connectivity index is 2.37. The quantitative estimate of drug-likeness (QED) is 0.846. The van der Waals surface area contributed by atoms with Gasteiger partial charge in [0, 0.05) is 24.5 Å². The molecule has 0 bridgehead atoms. The zero-order valence-corrected chi connectivity index (χ0v) is 12.5. The summed E-state index contributed by atoms with van der Waals surface area (Å²) in [5, 5.41) is 1.17. The van der Waals surface area contributed by atoms with Gasteiger partial charge in [0.15, 0.2) is 0 Å². The van der Waals surface area contributed by atoms with Crippen molar-refractivity contribution in [3.8, 4) is 0 Å². The van der Waals surface area contributed by atoms with E-state index < -0.39 is 0 Å². The average molecular weight is 278 g/mol. The lowest BCUT2D eigenvalue weighted by Gasteiger charge is -2.23. The lowest BCUT2D eigenvalue weighted by atomic mass is 10.2. The molecule has 104 valence electrons. The molecule has 0 aliphatic carbocycles. The van der Waals surface area contributed by atoms with E-state index in [1.165, 1.54) is 16.7 Å². The van der Waals surface area contributed by atoms with Gasteiger partial charge in [-0.3, -0.25) is 0 Å². The number of anilines is 1. The first kappa shape index (κ1) is 14.2. The first-order valence-corrected chi connectivity index (χ1v) is 7.80. The van der Waals surface area contributed by atoms with Gasteiger partial charge < -0.3 is 10.6 Å². The first-order valence-electron chi connectivity index (χ1n) is 6.98. The Morgan fingerprint density at radius 2 is 2.11 bits per heavy atom. The van der Waals surface area contributed by atoms with Crippen molar-refractivity contribution in [2.75, 3.05) is 24.5 Å². The van der Waals surface area contributed by atoms with Crippen LogP contribution in [0.2, 0.25) is 0 Å². The molecule has 0 saturated heterocycles. The van der Waals surface area contributed by atoms with Gasteiger partial charge in [-0.2, -0.15) is 0 Å². The van der Waals surface area contributed by atoms with Crippen molar-refractivity contribution in [1.29, 1.82) is 0 Å². The van der Waals surface area contributed by atoms with Gasteiger partial charge in [0.05, 0.1) is 5.39 Å². The van der Waals surface area contributed by atoms with Crippen LogP contribution in [-0.4, -0.2) is 29.6 Å². The molecule has 0 atom stereocenters. The zero-order chi connectivity index (χ0) is 13.7. The van der Waals surface area contributed by atoms with E-state index in [4.69, 9.17) is 5.73 Å². The van der Waals surface area contributed by atoms with Gasteiger partial charge in [0.2, 0.25) is 0 Å². The normalized spacial score (nSPS) is 11.1. The number of fused-ring (bicyclic) bond motifs is 1. The number of nitrogens with two attached hydrogens (primary N) is 1. The van der Waals surface area contributed by atoms with Gasteiger partial charge >= 0.3 is 0 Å². The SMILES string of the molecule is CCCCN(CCN)c1ncnc2sc(CC)cc12. The van der Waals surface area contributed by atoms with E-state index in [1.807, 2.05) is 0 Å². The number of aromatic nitrogens is 2. The molecule has 0 amide bonds. The summed E-state index contributed by atoms with van der Waals surface area (Å²) in [6.45, 7) is 6.89. The van der Waals surface area contributed by atoms with Crippen LogP contribution >= 0.6 is 11.3 Å². The molecule has 2 aromatic rings. The van der Waals surface area contributed by atoms with Gasteiger partial charge in [0.25, 0.3) is 0 Å². The maximum Gasteiger partial charge on any atom is 0.140 e. The summed E-state index contributed by atoms with van der Waals surface area (Å²) in [5.41, 5.74) is 5.73. The second-order valence-corrected chi connectivity index (χ2v) is 5.73. The lowest BCUT2D eigenvalue weighted by Crippen LogP contribution is -2.31. The number of nitrogens with zero attached hydrogens (tertiary/aromatic N) is 3. The Morgan fingerprint density at radius 3 is 2.79 bits per heavy atom. The minimum atomic E-state index is 0.653. The van der Waals surface area contributed by atoms with E-state index >= 15 is 0 Å². The van der Waals surface area contributed by atoms with Gasteiger partial charge in [-0.15, -0.1) is 11.3 Å². The maximum absolute atomic E-state index is 5.73. The molecule has 4 nitrogen and oxygen atoms in total. The van der Waals surface area contributed by atoms with E-state index in [-0.39, 0.29) is 0 Å². The van der Waals surface area contributed by atoms with Gasteiger partial charge in [0.1, 0.15) is 17.0 Å². The van der Waals surface area contributed by atoms with E-state index in [1.54, 1.807) is 17.7 Å². The molecule has 0 aliphatic rings. The first-order chi connectivity index (χ1) is 9.30. The van der Waals surface area contributed by atoms with Crippen LogP contribution in [0.5, 0.6) is 0 Å². The number of rotatable bonds is 7. The standard InChI is InChI=1S/C14H22N4S/c1-3-5-7-18(8-6-15)13-12-9-11(4-2)19-14(12)17-10-16-13/h9-10H,3-8,15H2,1-2H3. The van der Waals surface area contributed by atoms with Crippen LogP contribution in [0, 0.1) is 0 Å². The molecule has 0 radical (unpaired) electrons. The van der Waals surface area contributed by atoms with E-state index in [0.717, 1.165) is 36.6 Å². The topological polar surface area (TPSA) is 55.0 Å². The predicted octanol–water partition coefficient (Wildman–Crippen LogP) is 2.82. The van der Waals surface area contributed by atoms with Crippen LogP contribution < -0.4 is 10.6 Å². The van der Waals surface area contributed by atoms with Crippen molar-refractivity contribution in [2.24, 2.45) is 5.73 Å². The third-order valence-corrected chi connectivity index (χ3v) is 4.38. The fourth-order valence-corrected chi connectivity index (χ4v) is 3.08. The van der Waals surface area contributed by atoms with E-state index in [9.17, 15) is 0 Å². The highest BCUT2D eigenvalue weighted by Crippen LogP contribution is 2.30. The summed E-state index contributed by atoms with van der Waals surface area (Å²) in [6.07, 6.45) is 5.06. The fourth-order valence-electron chi connectivity index (χ4n) is 2.15. The molecule has 2 rings (SSSR count). The Bertz CT molecular complexity index is 523. The third kappa shape index (κ3) is 3.22. The highest BCUT2D eigenvalue weighted by molar-refractivity contribution is 7.18. The molecular formula is C14H22N4S. The van der Waals surface area contributed by atoms with Crippen molar-refractivity contribution in [3.63, 3.8) is 0 Å². The molecule has 2 heterocycles. The smallest absolute Gasteiger partial charge is 0.140 e. The number of hydrogen-bond acceptors (Lipinski definition) is 5. The maximum atomic E-state index is 5.73. The molecule has 5 heteroatoms. The van der Waals surface area contributed by atoms with Crippen molar-refractivity contribution in [3.05, 3.63) is 17.3 Å². The molecule has 0 spiro atoms. The molecule has 0 unspecified atom stereocenters. The second-order valence-electron chi connectivity index (χ2n) is 4.61. The number of unbranched alkanes of at least 4 members (excludes halogenated alkanes) is 1. The summed E-state index contributed by atoms with van der Waals surface area (Å²) >= 11 is 1.76. The molecular weight excluding hydrogens is 256 g/mol. The van der Waals surface area contributed by atoms with Crippen LogP contribution in [-0.2, 0) is 6.42 Å². The summed E-state index contributed by atoms with van der Waals surface area (Å²) in [4.78, 5) is 13.6. The van der Waals surface area contributed by atoms with Crippen LogP contribution in [0.1, 0.15) is 31.6 Å². The second kappa shape index (κ2) is 6.82. The third-order valence-electron chi connectivity index (χ3n) is 3.19. The average Bonchev–Trinajstić information content (AvgIpc) is 2.86. The Morgan fingerprint density at radius 1 is 1.26 bits per heavy atom. The van der Waals surface area contributed by atoms with Crippen LogP contribution in [0.15, 0.2) is 12.4 Å². The number of aryl methyl sites for hydroxylation is 1. The van der Waals surface area contributed by atoms with Gasteiger partial charge in [-0.25, -0.2) is 9.97 Å². The predicted molar refractivity (Wildman–Crippen MR) is 83.0 cm³/mol. The Labute approximate surface area is 118 Å². The fraction of sp³-hybridized carbons (Fsp3) is 0.571. The Hall–Kier alpha value is -1.20. The number of thiophene rings is 1. The van der Waals surface area contributed by atoms with Crippen LogP contribution in [0.25, 0.3) is 10.2 Å². The molecule has 0 aliphatic heterocycles. The van der Waals surface area contributed by atoms with Crippen molar-refractivity contribution < 1.29 is 0 Å². The zero-order valence-electron chi connectivity index (χ0n) is 11.7. The molecule has 19 heavy (non-hydrogen) atoms. The minimum Gasteiger partial charge on any atom is -0.355 e. The molecule has 0 fully saturated rings. The summed E-state index contributed by atoms with van der Waals surface area (Å²) in [7, 11) is 0. The minimum absolute atomic E-state index is 0.653. The molecule has 0 aromatic carbocycles. The molecule has 2 aromatic heterocycles. The van der Waals surface area contributed by atoms with Crippen molar-refractivity contribution in [1.82, 2.24) is 9.97 Å². The largest absolute Gasteiger partial charge is 0.355 e. The molecule has 2 N–H and O–H groups in total. The molecule has 0 saturated carbocycles. The summed E-state index contributed by atoms with van der Waals surface area (Å²) in [6, 6.07) is 2.23. The lowest BCUT2D eigenvalue weighted by molar-refractivity contribution is 0.709. The summed E-state index contributed by atoms with van der Waals surface area (Å²) in [5.74, 6) is 1.04. The number of hydrogen-bond donors (Lipinski definition) is 1. The van der Waals surface area contributed by atoms with Crippen LogP contribution in [0.3, 0.4) is 0 Å². The van der Waals surface area contributed by atoms with Crippen LogP contribution in [0.4, 0.5) is 5.82 Å². The van der Waals surface area contributed by atoms with Crippen molar-refractivity contribution >= 4 is 27.4 Å². The van der Waals surface area contributed by atoms with E-state index in [0.29, 0.717) is 6.54 Å². The summed E-state index contributed by atoms with van der Waals surface area (Å²) < 4.78 is 0. The highest BCUT2D eigenvalue weighted by Gasteiger charge is 2.13.